The highest BCUT2D eigenvalue weighted by molar-refractivity contribution is 7.90. The second-order valence-corrected chi connectivity index (χ2v) is 9.04. The molecule has 0 unspecified atom stereocenters. The van der Waals surface area contributed by atoms with Crippen molar-refractivity contribution in [3.63, 3.8) is 0 Å². The fourth-order valence-electron chi connectivity index (χ4n) is 2.98. The molecule has 3 aromatic rings. The lowest BCUT2D eigenvalue weighted by Gasteiger charge is -2.39. The summed E-state index contributed by atoms with van der Waals surface area (Å²) in [6, 6.07) is 7.48. The van der Waals surface area contributed by atoms with Crippen LogP contribution in [0.25, 0.3) is 21.7 Å². The van der Waals surface area contributed by atoms with Crippen LogP contribution >= 0.6 is 11.3 Å². The monoisotopic (exact) mass is 375 g/mol. The van der Waals surface area contributed by atoms with Crippen LogP contribution in [0, 0.1) is 0 Å². The van der Waals surface area contributed by atoms with Crippen molar-refractivity contribution >= 4 is 37.4 Å². The van der Waals surface area contributed by atoms with Gasteiger partial charge in [-0.1, -0.05) is 12.5 Å². The van der Waals surface area contributed by atoms with Crippen LogP contribution in [0.15, 0.2) is 35.8 Å². The molecule has 0 saturated heterocycles. The van der Waals surface area contributed by atoms with Crippen molar-refractivity contribution in [2.45, 2.75) is 24.0 Å². The zero-order valence-electron chi connectivity index (χ0n) is 13.3. The lowest BCUT2D eigenvalue weighted by molar-refractivity contribution is 0.351. The molecule has 1 aliphatic carbocycles. The Bertz CT molecular complexity index is 1010. The van der Waals surface area contributed by atoms with E-state index in [1.54, 1.807) is 6.20 Å². The third kappa shape index (κ3) is 2.88. The van der Waals surface area contributed by atoms with Crippen LogP contribution < -0.4 is 10.5 Å². The Kier molecular flexibility index (Phi) is 3.94. The molecule has 1 fully saturated rings. The first-order chi connectivity index (χ1) is 12.0. The summed E-state index contributed by atoms with van der Waals surface area (Å²) in [7, 11) is -3.62. The zero-order chi connectivity index (χ0) is 17.5. The molecule has 0 aromatic carbocycles. The number of pyridine rings is 1. The number of aromatic nitrogens is 3. The topological polar surface area (TPSA) is 111 Å². The number of nitrogens with zero attached hydrogens (tertiary/aromatic N) is 3. The van der Waals surface area contributed by atoms with E-state index in [-0.39, 0.29) is 6.54 Å². The summed E-state index contributed by atoms with van der Waals surface area (Å²) in [6.45, 7) is 0.245. The fourth-order valence-corrected chi connectivity index (χ4v) is 4.87. The average Bonchev–Trinajstić information content (AvgIpc) is 3.01. The molecule has 4 rings (SSSR count). The van der Waals surface area contributed by atoms with Gasteiger partial charge in [0.1, 0.15) is 21.1 Å². The molecule has 0 spiro atoms. The number of nitrogens with one attached hydrogen (secondary N) is 1. The summed E-state index contributed by atoms with van der Waals surface area (Å²) in [4.78, 5) is 14.3. The van der Waals surface area contributed by atoms with Gasteiger partial charge in [-0.05, 0) is 36.4 Å². The van der Waals surface area contributed by atoms with Crippen LogP contribution in [0.3, 0.4) is 0 Å². The highest BCUT2D eigenvalue weighted by Gasteiger charge is 2.47. The second-order valence-electron chi connectivity index (χ2n) is 6.19. The van der Waals surface area contributed by atoms with Gasteiger partial charge >= 0.3 is 0 Å². The number of hydrogen-bond donors (Lipinski definition) is 2. The van der Waals surface area contributed by atoms with E-state index in [9.17, 15) is 8.42 Å². The van der Waals surface area contributed by atoms with Gasteiger partial charge in [-0.3, -0.25) is 4.98 Å². The molecule has 3 heterocycles. The number of anilines is 1. The summed E-state index contributed by atoms with van der Waals surface area (Å²) in [5, 5.41) is 11.5. The number of rotatable bonds is 5. The summed E-state index contributed by atoms with van der Waals surface area (Å²) < 4.78 is 23.0. The maximum absolute atomic E-state index is 12.0. The summed E-state index contributed by atoms with van der Waals surface area (Å²) in [6.07, 6.45) is 3.71. The van der Waals surface area contributed by atoms with E-state index in [1.165, 1.54) is 11.3 Å². The van der Waals surface area contributed by atoms with Gasteiger partial charge in [0.15, 0.2) is 5.82 Å². The molecular weight excluding hydrogens is 358 g/mol. The Hall–Kier alpha value is -2.10. The minimum Gasteiger partial charge on any atom is -0.368 e. The van der Waals surface area contributed by atoms with Crippen LogP contribution in [-0.2, 0) is 10.0 Å². The van der Waals surface area contributed by atoms with Crippen molar-refractivity contribution in [3.8, 4) is 11.5 Å². The van der Waals surface area contributed by atoms with E-state index in [0.717, 1.165) is 16.6 Å². The Morgan fingerprint density at radius 2 is 2.08 bits per heavy atom. The van der Waals surface area contributed by atoms with Crippen LogP contribution in [0.1, 0.15) is 19.3 Å². The third-order valence-electron chi connectivity index (χ3n) is 4.67. The molecule has 0 amide bonds. The quantitative estimate of drug-likeness (QED) is 0.708. The summed E-state index contributed by atoms with van der Waals surface area (Å²) >= 11 is 1.51. The molecule has 0 atom stereocenters. The molecule has 3 N–H and O–H groups in total. The lowest BCUT2D eigenvalue weighted by Crippen LogP contribution is -2.53. The third-order valence-corrected chi connectivity index (χ3v) is 7.23. The highest BCUT2D eigenvalue weighted by Crippen LogP contribution is 2.38. The van der Waals surface area contributed by atoms with Crippen molar-refractivity contribution in [1.29, 1.82) is 0 Å². The van der Waals surface area contributed by atoms with Crippen LogP contribution in [-0.4, -0.2) is 34.7 Å². The van der Waals surface area contributed by atoms with Gasteiger partial charge in [0.2, 0.25) is 10.0 Å². The average molecular weight is 375 g/mol. The van der Waals surface area contributed by atoms with Crippen molar-refractivity contribution in [3.05, 3.63) is 35.8 Å². The molecular formula is C16H17N5O2S2. The lowest BCUT2D eigenvalue weighted by atomic mass is 9.84. The van der Waals surface area contributed by atoms with E-state index in [1.807, 2.05) is 29.6 Å². The summed E-state index contributed by atoms with van der Waals surface area (Å²) in [5.74, 6) is 1.12. The maximum atomic E-state index is 12.0. The van der Waals surface area contributed by atoms with E-state index >= 15 is 0 Å². The Morgan fingerprint density at radius 3 is 2.72 bits per heavy atom. The fraction of sp³-hybridized carbons (Fsp3) is 0.312. The number of fused-ring (bicyclic) bond motifs is 1. The van der Waals surface area contributed by atoms with Gasteiger partial charge in [-0.2, -0.15) is 0 Å². The highest BCUT2D eigenvalue weighted by atomic mass is 32.2. The van der Waals surface area contributed by atoms with E-state index in [0.29, 0.717) is 30.2 Å². The first kappa shape index (κ1) is 16.4. The van der Waals surface area contributed by atoms with Crippen molar-refractivity contribution in [2.24, 2.45) is 5.14 Å². The number of primary sulfonamides is 1. The van der Waals surface area contributed by atoms with Crippen LogP contribution in [0.4, 0.5) is 5.82 Å². The SMILES string of the molecule is NS(=O)(=O)C1(CNc2nc(-c3ccccn3)nc3sccc23)CCC1. The van der Waals surface area contributed by atoms with E-state index < -0.39 is 14.8 Å². The van der Waals surface area contributed by atoms with Gasteiger partial charge < -0.3 is 5.32 Å². The van der Waals surface area contributed by atoms with Gasteiger partial charge in [0.05, 0.1) is 5.39 Å². The number of nitrogens with two attached hydrogens (primary N) is 1. The Balaban J connectivity index is 1.71. The molecule has 1 saturated carbocycles. The minimum absolute atomic E-state index is 0.245. The molecule has 0 radical (unpaired) electrons. The second kappa shape index (κ2) is 6.01. The van der Waals surface area contributed by atoms with Crippen molar-refractivity contribution < 1.29 is 8.42 Å². The Labute approximate surface area is 149 Å². The molecule has 3 aromatic heterocycles. The van der Waals surface area contributed by atoms with Crippen LogP contribution in [0.2, 0.25) is 0 Å². The molecule has 130 valence electrons. The molecule has 0 aliphatic heterocycles. The molecule has 0 bridgehead atoms. The number of sulfonamides is 1. The predicted octanol–water partition coefficient (Wildman–Crippen LogP) is 2.38. The van der Waals surface area contributed by atoms with Gasteiger partial charge in [0.25, 0.3) is 0 Å². The van der Waals surface area contributed by atoms with E-state index in [4.69, 9.17) is 5.14 Å². The van der Waals surface area contributed by atoms with E-state index in [2.05, 4.69) is 20.3 Å². The van der Waals surface area contributed by atoms with Gasteiger partial charge in [-0.25, -0.2) is 23.5 Å². The van der Waals surface area contributed by atoms with Gasteiger partial charge in [-0.15, -0.1) is 11.3 Å². The molecule has 25 heavy (non-hydrogen) atoms. The van der Waals surface area contributed by atoms with Crippen molar-refractivity contribution in [1.82, 2.24) is 15.0 Å². The predicted molar refractivity (Wildman–Crippen MR) is 98.8 cm³/mol. The summed E-state index contributed by atoms with van der Waals surface area (Å²) in [5.41, 5.74) is 0.672. The normalized spacial score (nSPS) is 16.5. The molecule has 7 nitrogen and oxygen atoms in total. The largest absolute Gasteiger partial charge is 0.368 e. The molecule has 1 aliphatic rings. The Morgan fingerprint density at radius 1 is 1.24 bits per heavy atom. The van der Waals surface area contributed by atoms with Gasteiger partial charge in [0, 0.05) is 12.7 Å². The first-order valence-electron chi connectivity index (χ1n) is 7.91. The molecule has 9 heteroatoms. The standard InChI is InChI=1S/C16H17N5O2S2/c17-25(22,23)16(6-3-7-16)10-19-13-11-5-9-24-15(11)21-14(20-13)12-4-1-2-8-18-12/h1-2,4-5,8-9H,3,6-7,10H2,(H2,17,22,23)(H,19,20,21). The number of hydrogen-bond acceptors (Lipinski definition) is 7. The first-order valence-corrected chi connectivity index (χ1v) is 10.3. The smallest absolute Gasteiger partial charge is 0.216 e. The van der Waals surface area contributed by atoms with Crippen LogP contribution in [0.5, 0.6) is 0 Å². The minimum atomic E-state index is -3.62. The zero-order valence-corrected chi connectivity index (χ0v) is 15.0. The number of thiophene rings is 1. The maximum Gasteiger partial charge on any atom is 0.216 e. The van der Waals surface area contributed by atoms with Crippen molar-refractivity contribution in [2.75, 3.05) is 11.9 Å².